The number of hydrogen-bond donors (Lipinski definition) is 2. The monoisotopic (exact) mass is 488 g/mol. The van der Waals surface area contributed by atoms with Crippen molar-refractivity contribution in [3.05, 3.63) is 59.7 Å². The van der Waals surface area contributed by atoms with E-state index in [0.717, 1.165) is 11.1 Å². The number of rotatable bonds is 7. The van der Waals surface area contributed by atoms with E-state index in [1.165, 1.54) is 13.2 Å². The number of nitrogens with one attached hydrogen (secondary N) is 1. The minimum absolute atomic E-state index is 0. The van der Waals surface area contributed by atoms with E-state index in [2.05, 4.69) is 15.3 Å². The predicted octanol–water partition coefficient (Wildman–Crippen LogP) is 2.98. The number of ether oxygens (including phenoxy) is 1. The lowest BCUT2D eigenvalue weighted by atomic mass is 10.1. The summed E-state index contributed by atoms with van der Waals surface area (Å²) in [5.74, 6) is 0.461. The summed E-state index contributed by atoms with van der Waals surface area (Å²) in [7, 11) is 3.30. The molecule has 0 aliphatic rings. The third kappa shape index (κ3) is 6.94. The zero-order chi connectivity index (χ0) is 18.9. The molecule has 0 bridgehead atoms. The topological polar surface area (TPSA) is 70.0 Å². The molecule has 0 aliphatic heterocycles. The second-order valence-corrected chi connectivity index (χ2v) is 5.82. The van der Waals surface area contributed by atoms with Crippen molar-refractivity contribution in [2.45, 2.75) is 19.6 Å². The molecule has 148 valence electrons. The fraction of sp³-hybridized carbons (Fsp3) is 0.368. The molecule has 0 amide bonds. The van der Waals surface area contributed by atoms with Gasteiger partial charge in [-0.05, 0) is 42.3 Å². The first-order valence-corrected chi connectivity index (χ1v) is 8.45. The number of guanidine groups is 1. The van der Waals surface area contributed by atoms with Crippen molar-refractivity contribution in [1.82, 2.24) is 15.2 Å². The van der Waals surface area contributed by atoms with Crippen LogP contribution >= 0.6 is 24.0 Å². The van der Waals surface area contributed by atoms with Gasteiger partial charge in [0.25, 0.3) is 0 Å². The van der Waals surface area contributed by atoms with Gasteiger partial charge in [-0.15, -0.1) is 24.0 Å². The fourth-order valence-corrected chi connectivity index (χ4v) is 2.49. The predicted molar refractivity (Wildman–Crippen MR) is 115 cm³/mol. The Morgan fingerprint density at radius 1 is 1.33 bits per heavy atom. The highest BCUT2D eigenvalue weighted by atomic mass is 127. The van der Waals surface area contributed by atoms with Gasteiger partial charge in [0.15, 0.2) is 17.5 Å². The van der Waals surface area contributed by atoms with Crippen LogP contribution in [-0.4, -0.2) is 48.2 Å². The van der Waals surface area contributed by atoms with E-state index in [1.54, 1.807) is 30.6 Å². The molecule has 0 aliphatic carbocycles. The summed E-state index contributed by atoms with van der Waals surface area (Å²) >= 11 is 0. The average Bonchev–Trinajstić information content (AvgIpc) is 2.65. The summed E-state index contributed by atoms with van der Waals surface area (Å²) in [5.41, 5.74) is 1.56. The first-order valence-electron chi connectivity index (χ1n) is 8.45. The Morgan fingerprint density at radius 3 is 2.63 bits per heavy atom. The standard InChI is InChI=1S/C19H25FN4O2.HI/c1-4-22-19(23-12-17(25)15-7-9-21-10-8-15)24(2)13-14-5-6-18(26-3)16(20)11-14;/h5-11,17,25H,4,12-13H2,1-3H3,(H,22,23);1H. The van der Waals surface area contributed by atoms with Crippen molar-refractivity contribution in [3.63, 3.8) is 0 Å². The van der Waals surface area contributed by atoms with E-state index in [-0.39, 0.29) is 36.3 Å². The molecule has 27 heavy (non-hydrogen) atoms. The van der Waals surface area contributed by atoms with Crippen molar-refractivity contribution >= 4 is 29.9 Å². The molecule has 0 fully saturated rings. The van der Waals surface area contributed by atoms with E-state index < -0.39 is 11.9 Å². The normalized spacial score (nSPS) is 12.1. The first kappa shape index (κ1) is 23.1. The average molecular weight is 488 g/mol. The van der Waals surface area contributed by atoms with E-state index in [4.69, 9.17) is 4.74 Å². The van der Waals surface area contributed by atoms with Crippen molar-refractivity contribution in [1.29, 1.82) is 0 Å². The molecule has 0 radical (unpaired) electrons. The molecule has 1 aromatic carbocycles. The van der Waals surface area contributed by atoms with Crippen molar-refractivity contribution in [3.8, 4) is 5.75 Å². The van der Waals surface area contributed by atoms with Gasteiger partial charge in [0.1, 0.15) is 0 Å². The summed E-state index contributed by atoms with van der Waals surface area (Å²) in [6.07, 6.45) is 2.56. The lowest BCUT2D eigenvalue weighted by molar-refractivity contribution is 0.186. The molecule has 2 rings (SSSR count). The van der Waals surface area contributed by atoms with E-state index in [0.29, 0.717) is 19.0 Å². The summed E-state index contributed by atoms with van der Waals surface area (Å²) in [6, 6.07) is 8.39. The second-order valence-electron chi connectivity index (χ2n) is 5.82. The minimum atomic E-state index is -0.710. The third-order valence-corrected chi connectivity index (χ3v) is 3.84. The fourth-order valence-electron chi connectivity index (χ4n) is 2.49. The Kier molecular flexibility index (Phi) is 10.0. The van der Waals surface area contributed by atoms with Gasteiger partial charge in [-0.25, -0.2) is 4.39 Å². The molecule has 6 nitrogen and oxygen atoms in total. The zero-order valence-electron chi connectivity index (χ0n) is 15.7. The maximum atomic E-state index is 13.9. The van der Waals surface area contributed by atoms with Gasteiger partial charge in [-0.3, -0.25) is 9.98 Å². The number of methoxy groups -OCH3 is 1. The van der Waals surface area contributed by atoms with Crippen LogP contribution in [0, 0.1) is 5.82 Å². The quantitative estimate of drug-likeness (QED) is 0.357. The number of aliphatic hydroxyl groups excluding tert-OH is 1. The van der Waals surface area contributed by atoms with Gasteiger partial charge in [0.05, 0.1) is 19.8 Å². The molecular weight excluding hydrogens is 462 g/mol. The number of nitrogens with zero attached hydrogens (tertiary/aromatic N) is 3. The van der Waals surface area contributed by atoms with Crippen molar-refractivity contribution in [2.75, 3.05) is 27.2 Å². The molecule has 2 aromatic rings. The number of aliphatic imine (C=N–C) groups is 1. The van der Waals surface area contributed by atoms with Gasteiger partial charge in [-0.2, -0.15) is 0 Å². The van der Waals surface area contributed by atoms with Crippen LogP contribution in [0.25, 0.3) is 0 Å². The maximum Gasteiger partial charge on any atom is 0.194 e. The van der Waals surface area contributed by atoms with Crippen LogP contribution in [0.2, 0.25) is 0 Å². The van der Waals surface area contributed by atoms with Crippen LogP contribution in [0.15, 0.2) is 47.7 Å². The molecule has 8 heteroatoms. The van der Waals surface area contributed by atoms with Gasteiger partial charge in [0, 0.05) is 32.5 Å². The summed E-state index contributed by atoms with van der Waals surface area (Å²) < 4.78 is 18.8. The van der Waals surface area contributed by atoms with Gasteiger partial charge < -0.3 is 20.1 Å². The Morgan fingerprint density at radius 2 is 2.04 bits per heavy atom. The van der Waals surface area contributed by atoms with E-state index in [1.807, 2.05) is 24.9 Å². The maximum absolute atomic E-state index is 13.9. The number of aromatic nitrogens is 1. The molecular formula is C19H26FIN4O2. The number of benzene rings is 1. The van der Waals surface area contributed by atoms with Crippen molar-refractivity contribution < 1.29 is 14.2 Å². The van der Waals surface area contributed by atoms with Crippen LogP contribution in [-0.2, 0) is 6.54 Å². The Balaban J connectivity index is 0.00000364. The highest BCUT2D eigenvalue weighted by molar-refractivity contribution is 14.0. The van der Waals surface area contributed by atoms with Gasteiger partial charge in [-0.1, -0.05) is 6.07 Å². The Bertz CT molecular complexity index is 731. The highest BCUT2D eigenvalue weighted by Crippen LogP contribution is 2.18. The number of pyridine rings is 1. The zero-order valence-corrected chi connectivity index (χ0v) is 18.1. The molecule has 1 heterocycles. The number of aliphatic hydroxyl groups is 1. The van der Waals surface area contributed by atoms with Crippen LogP contribution in [0.3, 0.4) is 0 Å². The van der Waals surface area contributed by atoms with Gasteiger partial charge >= 0.3 is 0 Å². The van der Waals surface area contributed by atoms with Gasteiger partial charge in [0.2, 0.25) is 0 Å². The Labute approximate surface area is 176 Å². The van der Waals surface area contributed by atoms with E-state index in [9.17, 15) is 9.50 Å². The Hall–Kier alpha value is -1.94. The smallest absolute Gasteiger partial charge is 0.194 e. The first-order chi connectivity index (χ1) is 12.5. The SMILES string of the molecule is CCNC(=NCC(O)c1ccncc1)N(C)Cc1ccc(OC)c(F)c1.I. The van der Waals surface area contributed by atoms with Crippen LogP contribution < -0.4 is 10.1 Å². The molecule has 1 atom stereocenters. The van der Waals surface area contributed by atoms with Crippen LogP contribution in [0.5, 0.6) is 5.75 Å². The minimum Gasteiger partial charge on any atom is -0.494 e. The highest BCUT2D eigenvalue weighted by Gasteiger charge is 2.11. The molecule has 1 unspecified atom stereocenters. The molecule has 0 spiro atoms. The number of hydrogen-bond acceptors (Lipinski definition) is 4. The lowest BCUT2D eigenvalue weighted by Gasteiger charge is -2.23. The second kappa shape index (κ2) is 11.7. The summed E-state index contributed by atoms with van der Waals surface area (Å²) in [5, 5.41) is 13.4. The van der Waals surface area contributed by atoms with Crippen LogP contribution in [0.4, 0.5) is 4.39 Å². The van der Waals surface area contributed by atoms with Crippen molar-refractivity contribution in [2.24, 2.45) is 4.99 Å². The van der Waals surface area contributed by atoms with E-state index >= 15 is 0 Å². The molecule has 1 aromatic heterocycles. The third-order valence-electron chi connectivity index (χ3n) is 3.84. The number of halogens is 2. The molecule has 2 N–H and O–H groups in total. The molecule has 0 saturated heterocycles. The van der Waals surface area contributed by atoms with Crippen LogP contribution in [0.1, 0.15) is 24.2 Å². The summed E-state index contributed by atoms with van der Waals surface area (Å²) in [6.45, 7) is 3.34. The largest absolute Gasteiger partial charge is 0.494 e. The molecule has 0 saturated carbocycles. The summed E-state index contributed by atoms with van der Waals surface area (Å²) in [4.78, 5) is 10.3. The lowest BCUT2D eigenvalue weighted by Crippen LogP contribution is -2.38.